The minimum atomic E-state index is 0.377. The second-order valence-corrected chi connectivity index (χ2v) is 8.07. The average molecular weight is 368 g/mol. The molecule has 2 aliphatic rings. The standard InChI is InChI=1S/C23H33N3O/c1-3-8-20(9-4-1)19-25-15-11-21(12-16-25)24-18-22(23-10-7-17-27-23)26-13-5-2-6-14-26/h1,3-4,7-10,17,21-22,24H,2,5-6,11-16,18-19H2. The highest BCUT2D eigenvalue weighted by atomic mass is 16.3. The highest BCUT2D eigenvalue weighted by molar-refractivity contribution is 5.14. The maximum atomic E-state index is 5.78. The number of nitrogens with zero attached hydrogens (tertiary/aromatic N) is 2. The maximum absolute atomic E-state index is 5.78. The minimum Gasteiger partial charge on any atom is -0.468 e. The summed E-state index contributed by atoms with van der Waals surface area (Å²) >= 11 is 0. The normalized spacial score (nSPS) is 21.3. The smallest absolute Gasteiger partial charge is 0.122 e. The van der Waals surface area contributed by atoms with E-state index in [1.165, 1.54) is 63.8 Å². The second kappa shape index (κ2) is 9.54. The van der Waals surface area contributed by atoms with E-state index < -0.39 is 0 Å². The molecule has 146 valence electrons. The van der Waals surface area contributed by atoms with Gasteiger partial charge in [-0.25, -0.2) is 0 Å². The topological polar surface area (TPSA) is 31.6 Å². The first-order chi connectivity index (χ1) is 13.4. The molecule has 1 atom stereocenters. The lowest BCUT2D eigenvalue weighted by molar-refractivity contribution is 0.131. The number of nitrogens with one attached hydrogen (secondary N) is 1. The van der Waals surface area contributed by atoms with E-state index in [2.05, 4.69) is 51.5 Å². The van der Waals surface area contributed by atoms with Crippen LogP contribution in [0.5, 0.6) is 0 Å². The van der Waals surface area contributed by atoms with Gasteiger partial charge in [0, 0.05) is 19.1 Å². The summed E-state index contributed by atoms with van der Waals surface area (Å²) in [6, 6.07) is 16.0. The predicted molar refractivity (Wildman–Crippen MR) is 110 cm³/mol. The lowest BCUT2D eigenvalue weighted by atomic mass is 10.0. The maximum Gasteiger partial charge on any atom is 0.122 e. The Hall–Kier alpha value is -1.62. The molecule has 4 heteroatoms. The molecule has 0 saturated carbocycles. The van der Waals surface area contributed by atoms with Gasteiger partial charge >= 0.3 is 0 Å². The van der Waals surface area contributed by atoms with E-state index in [-0.39, 0.29) is 0 Å². The molecule has 2 fully saturated rings. The summed E-state index contributed by atoms with van der Waals surface area (Å²) < 4.78 is 5.78. The van der Waals surface area contributed by atoms with Crippen molar-refractivity contribution in [3.8, 4) is 0 Å². The summed E-state index contributed by atoms with van der Waals surface area (Å²) in [7, 11) is 0. The fourth-order valence-corrected chi connectivity index (χ4v) is 4.54. The first-order valence-electron chi connectivity index (χ1n) is 10.7. The lowest BCUT2D eigenvalue weighted by Gasteiger charge is -2.36. The third kappa shape index (κ3) is 5.22. The molecular formula is C23H33N3O. The van der Waals surface area contributed by atoms with E-state index in [0.717, 1.165) is 18.8 Å². The number of benzene rings is 1. The third-order valence-corrected chi connectivity index (χ3v) is 6.14. The number of piperidine rings is 2. The largest absolute Gasteiger partial charge is 0.468 e. The van der Waals surface area contributed by atoms with Crippen LogP contribution in [-0.4, -0.2) is 48.6 Å². The quantitative estimate of drug-likeness (QED) is 0.800. The van der Waals surface area contributed by atoms with Crippen LogP contribution in [0.1, 0.15) is 49.5 Å². The van der Waals surface area contributed by atoms with Crippen molar-refractivity contribution >= 4 is 0 Å². The van der Waals surface area contributed by atoms with Crippen molar-refractivity contribution in [2.24, 2.45) is 0 Å². The summed E-state index contributed by atoms with van der Waals surface area (Å²) in [5.41, 5.74) is 1.42. The van der Waals surface area contributed by atoms with Gasteiger partial charge in [0.1, 0.15) is 5.76 Å². The highest BCUT2D eigenvalue weighted by Gasteiger charge is 2.26. The molecule has 1 aromatic heterocycles. The van der Waals surface area contributed by atoms with Gasteiger partial charge in [0.2, 0.25) is 0 Å². The van der Waals surface area contributed by atoms with Crippen LogP contribution >= 0.6 is 0 Å². The van der Waals surface area contributed by atoms with E-state index in [1.54, 1.807) is 0 Å². The molecular weight excluding hydrogens is 334 g/mol. The van der Waals surface area contributed by atoms with Crippen molar-refractivity contribution in [3.63, 3.8) is 0 Å². The van der Waals surface area contributed by atoms with Gasteiger partial charge in [0.05, 0.1) is 12.3 Å². The van der Waals surface area contributed by atoms with Crippen LogP contribution < -0.4 is 5.32 Å². The first kappa shape index (κ1) is 18.7. The van der Waals surface area contributed by atoms with Crippen molar-refractivity contribution in [2.45, 2.75) is 50.7 Å². The molecule has 27 heavy (non-hydrogen) atoms. The van der Waals surface area contributed by atoms with E-state index >= 15 is 0 Å². The van der Waals surface area contributed by atoms with Gasteiger partial charge in [-0.2, -0.15) is 0 Å². The number of likely N-dealkylation sites (tertiary alicyclic amines) is 2. The number of hydrogen-bond donors (Lipinski definition) is 1. The molecule has 4 rings (SSSR count). The zero-order chi connectivity index (χ0) is 18.3. The Bertz CT molecular complexity index is 644. The molecule has 0 aliphatic carbocycles. The van der Waals surface area contributed by atoms with Gasteiger partial charge in [-0.05, 0) is 69.6 Å². The van der Waals surface area contributed by atoms with E-state index in [9.17, 15) is 0 Å². The molecule has 2 saturated heterocycles. The number of furan rings is 1. The molecule has 3 heterocycles. The first-order valence-corrected chi connectivity index (χ1v) is 10.7. The minimum absolute atomic E-state index is 0.377. The summed E-state index contributed by atoms with van der Waals surface area (Å²) in [5, 5.41) is 3.86. The van der Waals surface area contributed by atoms with Crippen molar-refractivity contribution in [3.05, 3.63) is 60.1 Å². The molecule has 1 aromatic carbocycles. The van der Waals surface area contributed by atoms with Crippen LogP contribution in [0.15, 0.2) is 53.1 Å². The van der Waals surface area contributed by atoms with E-state index in [4.69, 9.17) is 4.42 Å². The van der Waals surface area contributed by atoms with Crippen molar-refractivity contribution in [2.75, 3.05) is 32.7 Å². The van der Waals surface area contributed by atoms with Crippen LogP contribution in [-0.2, 0) is 6.54 Å². The van der Waals surface area contributed by atoms with Gasteiger partial charge in [-0.3, -0.25) is 9.80 Å². The van der Waals surface area contributed by atoms with Crippen LogP contribution in [0.3, 0.4) is 0 Å². The molecule has 2 aliphatic heterocycles. The molecule has 1 N–H and O–H groups in total. The molecule has 2 aromatic rings. The van der Waals surface area contributed by atoms with Crippen LogP contribution in [0.25, 0.3) is 0 Å². The zero-order valence-corrected chi connectivity index (χ0v) is 16.4. The molecule has 4 nitrogen and oxygen atoms in total. The van der Waals surface area contributed by atoms with E-state index in [0.29, 0.717) is 12.1 Å². The molecule has 0 radical (unpaired) electrons. The van der Waals surface area contributed by atoms with Gasteiger partial charge in [-0.1, -0.05) is 36.8 Å². The van der Waals surface area contributed by atoms with Gasteiger partial charge in [0.15, 0.2) is 0 Å². The summed E-state index contributed by atoms with van der Waals surface area (Å²) in [6.07, 6.45) is 8.28. The average Bonchev–Trinajstić information content (AvgIpc) is 3.26. The number of hydrogen-bond acceptors (Lipinski definition) is 4. The van der Waals surface area contributed by atoms with Crippen LogP contribution in [0.2, 0.25) is 0 Å². The molecule has 0 bridgehead atoms. The van der Waals surface area contributed by atoms with Crippen LogP contribution in [0, 0.1) is 0 Å². The monoisotopic (exact) mass is 367 g/mol. The SMILES string of the molecule is c1ccc(CN2CCC(NCC(c3ccco3)N3CCCCC3)CC2)cc1. The Balaban J connectivity index is 1.26. The Morgan fingerprint density at radius 1 is 0.926 bits per heavy atom. The van der Waals surface area contributed by atoms with Crippen molar-refractivity contribution in [1.29, 1.82) is 0 Å². The Kier molecular flexibility index (Phi) is 6.62. The fraction of sp³-hybridized carbons (Fsp3) is 0.565. The van der Waals surface area contributed by atoms with Gasteiger partial charge < -0.3 is 9.73 Å². The zero-order valence-electron chi connectivity index (χ0n) is 16.4. The van der Waals surface area contributed by atoms with E-state index in [1.807, 2.05) is 12.3 Å². The van der Waals surface area contributed by atoms with Gasteiger partial charge in [0.25, 0.3) is 0 Å². The van der Waals surface area contributed by atoms with Gasteiger partial charge in [-0.15, -0.1) is 0 Å². The molecule has 1 unspecified atom stereocenters. The summed E-state index contributed by atoms with van der Waals surface area (Å²) in [4.78, 5) is 5.20. The molecule has 0 amide bonds. The van der Waals surface area contributed by atoms with Crippen LogP contribution in [0.4, 0.5) is 0 Å². The van der Waals surface area contributed by atoms with Crippen molar-refractivity contribution in [1.82, 2.24) is 15.1 Å². The summed E-state index contributed by atoms with van der Waals surface area (Å²) in [5.74, 6) is 1.12. The third-order valence-electron chi connectivity index (χ3n) is 6.14. The Morgan fingerprint density at radius 2 is 1.70 bits per heavy atom. The van der Waals surface area contributed by atoms with Crippen molar-refractivity contribution < 1.29 is 4.42 Å². The lowest BCUT2D eigenvalue weighted by Crippen LogP contribution is -2.46. The predicted octanol–water partition coefficient (Wildman–Crippen LogP) is 4.06. The Morgan fingerprint density at radius 3 is 2.41 bits per heavy atom. The second-order valence-electron chi connectivity index (χ2n) is 8.07. The Labute approximate surface area is 163 Å². The molecule has 0 spiro atoms. The highest BCUT2D eigenvalue weighted by Crippen LogP contribution is 2.25. The summed E-state index contributed by atoms with van der Waals surface area (Å²) in [6.45, 7) is 6.84. The number of rotatable bonds is 7. The fourth-order valence-electron chi connectivity index (χ4n) is 4.54.